The molecule has 8 nitrogen and oxygen atoms in total. The van der Waals surface area contributed by atoms with E-state index < -0.39 is 6.10 Å². The normalized spacial score (nSPS) is 14.9. The number of halogens is 1. The summed E-state index contributed by atoms with van der Waals surface area (Å²) in [5.41, 5.74) is 4.03. The van der Waals surface area contributed by atoms with E-state index in [2.05, 4.69) is 15.3 Å². The molecule has 0 radical (unpaired) electrons. The number of aromatic nitrogens is 3. The molecule has 4 heterocycles. The van der Waals surface area contributed by atoms with Crippen LogP contribution in [0.15, 0.2) is 67.0 Å². The second kappa shape index (κ2) is 11.2. The van der Waals surface area contributed by atoms with Crippen LogP contribution in [-0.2, 0) is 11.2 Å². The minimum atomic E-state index is -0.677. The molecule has 4 aromatic rings. The van der Waals surface area contributed by atoms with Gasteiger partial charge in [-0.15, -0.1) is 0 Å². The Labute approximate surface area is 226 Å². The number of fused-ring (bicyclic) bond motifs is 1. The van der Waals surface area contributed by atoms with Gasteiger partial charge in [-0.2, -0.15) is 0 Å². The van der Waals surface area contributed by atoms with Crippen LogP contribution in [0.3, 0.4) is 0 Å². The molecule has 3 aromatic heterocycles. The van der Waals surface area contributed by atoms with Crippen LogP contribution in [-0.4, -0.2) is 50.3 Å². The fraction of sp³-hybridized carbons (Fsp3) is 0.310. The molecule has 0 saturated carbocycles. The highest BCUT2D eigenvalue weighted by atomic mass is 35.5. The Kier molecular flexibility index (Phi) is 7.60. The highest BCUT2D eigenvalue weighted by Gasteiger charge is 2.28. The summed E-state index contributed by atoms with van der Waals surface area (Å²) in [6, 6.07) is 16.9. The zero-order chi connectivity index (χ0) is 26.6. The van der Waals surface area contributed by atoms with Crippen LogP contribution in [0, 0.1) is 0 Å². The SMILES string of the molecule is CCc1nc2ccc(Cl)cn2c1C(=O)N1CCC(c2ccc(NC(=O)C(C)Oc3ccccn3)cc2)CC1. The minimum absolute atomic E-state index is 0.00447. The van der Waals surface area contributed by atoms with E-state index in [1.165, 1.54) is 5.56 Å². The Morgan fingerprint density at radius 1 is 1.11 bits per heavy atom. The number of hydrogen-bond donors (Lipinski definition) is 1. The summed E-state index contributed by atoms with van der Waals surface area (Å²) in [5.74, 6) is 0.509. The maximum absolute atomic E-state index is 13.5. The lowest BCUT2D eigenvalue weighted by Gasteiger charge is -2.32. The Hall–Kier alpha value is -3.91. The zero-order valence-corrected chi connectivity index (χ0v) is 22.2. The lowest BCUT2D eigenvalue weighted by atomic mass is 9.89. The molecule has 196 valence electrons. The van der Waals surface area contributed by atoms with Gasteiger partial charge >= 0.3 is 0 Å². The van der Waals surface area contributed by atoms with Gasteiger partial charge in [0, 0.05) is 37.2 Å². The molecule has 5 rings (SSSR count). The fourth-order valence-corrected chi connectivity index (χ4v) is 5.00. The van der Waals surface area contributed by atoms with E-state index in [1.54, 1.807) is 37.5 Å². The van der Waals surface area contributed by atoms with Crippen molar-refractivity contribution in [3.63, 3.8) is 0 Å². The number of likely N-dealkylation sites (tertiary alicyclic amines) is 1. The van der Waals surface area contributed by atoms with Crippen molar-refractivity contribution in [2.75, 3.05) is 18.4 Å². The molecule has 38 heavy (non-hydrogen) atoms. The zero-order valence-electron chi connectivity index (χ0n) is 21.4. The molecule has 1 aliphatic rings. The first-order chi connectivity index (χ1) is 18.4. The van der Waals surface area contributed by atoms with E-state index in [1.807, 2.05) is 52.6 Å². The Morgan fingerprint density at radius 3 is 2.55 bits per heavy atom. The molecule has 0 aliphatic carbocycles. The number of carbonyl (C=O) groups is 2. The molecule has 1 fully saturated rings. The Bertz CT molecular complexity index is 1430. The van der Waals surface area contributed by atoms with E-state index in [9.17, 15) is 9.59 Å². The standard InChI is InChI=1S/C29H30ClN5O3/c1-3-24-27(35-18-22(30)9-12-25(35)33-24)29(37)34-16-13-21(14-17-34)20-7-10-23(11-8-20)32-28(36)19(2)38-26-6-4-5-15-31-26/h4-12,15,18-19,21H,3,13-14,16-17H2,1-2H3,(H,32,36). The topological polar surface area (TPSA) is 88.8 Å². The third-order valence-electron chi connectivity index (χ3n) is 6.93. The minimum Gasteiger partial charge on any atom is -0.465 e. The molecular weight excluding hydrogens is 502 g/mol. The number of benzene rings is 1. The summed E-state index contributed by atoms with van der Waals surface area (Å²) in [7, 11) is 0. The summed E-state index contributed by atoms with van der Waals surface area (Å²) in [5, 5.41) is 3.47. The summed E-state index contributed by atoms with van der Waals surface area (Å²) in [6.45, 7) is 5.04. The van der Waals surface area contributed by atoms with Crippen LogP contribution < -0.4 is 10.1 Å². The monoisotopic (exact) mass is 531 g/mol. The molecule has 1 saturated heterocycles. The molecule has 9 heteroatoms. The van der Waals surface area contributed by atoms with Crippen molar-refractivity contribution >= 4 is 34.7 Å². The average Bonchev–Trinajstić information content (AvgIpc) is 3.31. The van der Waals surface area contributed by atoms with Crippen molar-refractivity contribution in [3.8, 4) is 5.88 Å². The van der Waals surface area contributed by atoms with Gasteiger partial charge in [-0.25, -0.2) is 9.97 Å². The predicted octanol–water partition coefficient (Wildman–Crippen LogP) is 5.37. The van der Waals surface area contributed by atoms with Crippen LogP contribution in [0.4, 0.5) is 5.69 Å². The van der Waals surface area contributed by atoms with E-state index in [0.717, 1.165) is 24.2 Å². The third-order valence-corrected chi connectivity index (χ3v) is 7.15. The lowest BCUT2D eigenvalue weighted by molar-refractivity contribution is -0.122. The van der Waals surface area contributed by atoms with Gasteiger partial charge in [0.2, 0.25) is 5.88 Å². The van der Waals surface area contributed by atoms with Crippen LogP contribution in [0.5, 0.6) is 5.88 Å². The van der Waals surface area contributed by atoms with Gasteiger partial charge in [0.05, 0.1) is 10.7 Å². The molecule has 1 N–H and O–H groups in total. The molecule has 0 spiro atoms. The van der Waals surface area contributed by atoms with Gasteiger partial charge < -0.3 is 15.0 Å². The summed E-state index contributed by atoms with van der Waals surface area (Å²) < 4.78 is 7.41. The van der Waals surface area contributed by atoms with Crippen molar-refractivity contribution in [3.05, 3.63) is 89.0 Å². The number of piperidine rings is 1. The summed E-state index contributed by atoms with van der Waals surface area (Å²) in [6.07, 6.45) is 5.11. The van der Waals surface area contributed by atoms with E-state index in [0.29, 0.717) is 47.7 Å². The van der Waals surface area contributed by atoms with Gasteiger partial charge in [-0.05, 0) is 68.0 Å². The lowest BCUT2D eigenvalue weighted by Crippen LogP contribution is -2.38. The molecule has 2 amide bonds. The first-order valence-electron chi connectivity index (χ1n) is 12.9. The van der Waals surface area contributed by atoms with E-state index in [4.69, 9.17) is 16.3 Å². The van der Waals surface area contributed by atoms with E-state index in [-0.39, 0.29) is 11.8 Å². The highest BCUT2D eigenvalue weighted by molar-refractivity contribution is 6.30. The van der Waals surface area contributed by atoms with Crippen molar-refractivity contribution in [2.45, 2.75) is 45.1 Å². The number of rotatable bonds is 7. The molecule has 1 aromatic carbocycles. The largest absolute Gasteiger partial charge is 0.465 e. The number of aryl methyl sites for hydroxylation is 1. The second-order valence-electron chi connectivity index (χ2n) is 9.44. The first-order valence-corrected chi connectivity index (χ1v) is 13.2. The van der Waals surface area contributed by atoms with Crippen LogP contribution in [0.1, 0.15) is 54.4 Å². The maximum Gasteiger partial charge on any atom is 0.272 e. The third kappa shape index (κ3) is 5.50. The predicted molar refractivity (Wildman–Crippen MR) is 147 cm³/mol. The Balaban J connectivity index is 1.18. The van der Waals surface area contributed by atoms with Crippen LogP contribution in [0.25, 0.3) is 5.65 Å². The number of pyridine rings is 2. The number of nitrogens with zero attached hydrogens (tertiary/aromatic N) is 4. The smallest absolute Gasteiger partial charge is 0.272 e. The Morgan fingerprint density at radius 2 is 1.87 bits per heavy atom. The van der Waals surface area contributed by atoms with Crippen LogP contribution >= 0.6 is 11.6 Å². The average molecular weight is 532 g/mol. The maximum atomic E-state index is 13.5. The number of hydrogen-bond acceptors (Lipinski definition) is 5. The highest BCUT2D eigenvalue weighted by Crippen LogP contribution is 2.30. The van der Waals surface area contributed by atoms with Gasteiger partial charge in [0.1, 0.15) is 11.3 Å². The molecule has 0 bridgehead atoms. The fourth-order valence-electron chi connectivity index (χ4n) is 4.84. The number of amides is 2. The molecule has 1 unspecified atom stereocenters. The van der Waals surface area contributed by atoms with E-state index >= 15 is 0 Å². The van der Waals surface area contributed by atoms with Crippen molar-refractivity contribution in [1.82, 2.24) is 19.3 Å². The number of imidazole rings is 1. The second-order valence-corrected chi connectivity index (χ2v) is 9.88. The number of anilines is 1. The summed E-state index contributed by atoms with van der Waals surface area (Å²) >= 11 is 6.20. The van der Waals surface area contributed by atoms with Gasteiger partial charge in [-0.3, -0.25) is 14.0 Å². The first kappa shape index (κ1) is 25.7. The number of ether oxygens (including phenoxy) is 1. The quantitative estimate of drug-likeness (QED) is 0.346. The summed E-state index contributed by atoms with van der Waals surface area (Å²) in [4.78, 5) is 36.7. The molecular formula is C29H30ClN5O3. The number of nitrogens with one attached hydrogen (secondary N) is 1. The van der Waals surface area contributed by atoms with Gasteiger partial charge in [-0.1, -0.05) is 36.7 Å². The van der Waals surface area contributed by atoms with Gasteiger partial charge in [0.25, 0.3) is 11.8 Å². The molecule has 1 aliphatic heterocycles. The number of carbonyl (C=O) groups excluding carboxylic acids is 2. The van der Waals surface area contributed by atoms with Crippen LogP contribution in [0.2, 0.25) is 5.02 Å². The van der Waals surface area contributed by atoms with Crippen molar-refractivity contribution < 1.29 is 14.3 Å². The van der Waals surface area contributed by atoms with Gasteiger partial charge in [0.15, 0.2) is 6.10 Å². The van der Waals surface area contributed by atoms with Crippen molar-refractivity contribution in [2.24, 2.45) is 0 Å². The molecule has 1 atom stereocenters. The van der Waals surface area contributed by atoms with Crippen molar-refractivity contribution in [1.29, 1.82) is 0 Å².